The van der Waals surface area contributed by atoms with Crippen molar-refractivity contribution in [3.8, 4) is 5.75 Å². The number of para-hydroxylation sites is 1. The van der Waals surface area contributed by atoms with Gasteiger partial charge in [0.05, 0.1) is 13.7 Å². The lowest BCUT2D eigenvalue weighted by Gasteiger charge is -2.06. The summed E-state index contributed by atoms with van der Waals surface area (Å²) in [7, 11) is 1.34. The number of esters is 1. The van der Waals surface area contributed by atoms with Gasteiger partial charge in [0.15, 0.2) is 10.8 Å². The Labute approximate surface area is 121 Å². The number of carbonyl (C=O) groups is 1. The minimum absolute atomic E-state index is 0.334. The van der Waals surface area contributed by atoms with Gasteiger partial charge in [-0.15, -0.1) is 11.3 Å². The van der Waals surface area contributed by atoms with Crippen molar-refractivity contribution in [1.82, 2.24) is 4.98 Å². The fourth-order valence-electron chi connectivity index (χ4n) is 1.53. The molecular formula is C14H16N2O3S. The molecule has 0 fully saturated rings. The monoisotopic (exact) mass is 292 g/mol. The maximum absolute atomic E-state index is 11.2. The van der Waals surface area contributed by atoms with E-state index in [9.17, 15) is 4.79 Å². The number of rotatable bonds is 7. The Balaban J connectivity index is 1.66. The summed E-state index contributed by atoms with van der Waals surface area (Å²) in [5, 5.41) is 5.54. The number of nitrogens with one attached hydrogen (secondary N) is 1. The van der Waals surface area contributed by atoms with E-state index in [0.717, 1.165) is 18.7 Å². The van der Waals surface area contributed by atoms with Crippen LogP contribution in [0.15, 0.2) is 35.7 Å². The molecule has 0 bridgehead atoms. The highest BCUT2D eigenvalue weighted by Crippen LogP contribution is 2.16. The first-order valence-electron chi connectivity index (χ1n) is 6.25. The SMILES string of the molecule is COC(=O)c1csc(NCCCOc2ccccc2)n1. The van der Waals surface area contributed by atoms with Crippen molar-refractivity contribution in [2.24, 2.45) is 0 Å². The van der Waals surface area contributed by atoms with Crippen molar-refractivity contribution in [2.45, 2.75) is 6.42 Å². The van der Waals surface area contributed by atoms with Crippen LogP contribution in [0.3, 0.4) is 0 Å². The highest BCUT2D eigenvalue weighted by atomic mass is 32.1. The summed E-state index contributed by atoms with van der Waals surface area (Å²) < 4.78 is 10.2. The van der Waals surface area contributed by atoms with Gasteiger partial charge in [0.1, 0.15) is 5.75 Å². The van der Waals surface area contributed by atoms with Crippen LogP contribution in [0, 0.1) is 0 Å². The number of anilines is 1. The lowest BCUT2D eigenvalue weighted by atomic mass is 10.3. The van der Waals surface area contributed by atoms with Gasteiger partial charge in [-0.05, 0) is 18.6 Å². The molecule has 0 unspecified atom stereocenters. The van der Waals surface area contributed by atoms with E-state index in [4.69, 9.17) is 4.74 Å². The van der Waals surface area contributed by atoms with Gasteiger partial charge in [0.2, 0.25) is 0 Å². The third-order valence-electron chi connectivity index (χ3n) is 2.51. The minimum Gasteiger partial charge on any atom is -0.494 e. The number of hydrogen-bond donors (Lipinski definition) is 1. The predicted molar refractivity (Wildman–Crippen MR) is 78.5 cm³/mol. The molecule has 0 radical (unpaired) electrons. The Kier molecular flexibility index (Phi) is 5.37. The van der Waals surface area contributed by atoms with Gasteiger partial charge in [-0.2, -0.15) is 0 Å². The summed E-state index contributed by atoms with van der Waals surface area (Å²) in [5.74, 6) is 0.455. The molecule has 0 aliphatic rings. The van der Waals surface area contributed by atoms with Crippen LogP contribution in [-0.4, -0.2) is 31.2 Å². The molecule has 0 amide bonds. The number of aromatic nitrogens is 1. The van der Waals surface area contributed by atoms with Gasteiger partial charge in [-0.1, -0.05) is 18.2 Å². The van der Waals surface area contributed by atoms with Crippen molar-refractivity contribution in [3.05, 3.63) is 41.4 Å². The first kappa shape index (κ1) is 14.3. The summed E-state index contributed by atoms with van der Waals surface area (Å²) in [6, 6.07) is 9.69. The van der Waals surface area contributed by atoms with Crippen LogP contribution in [0.25, 0.3) is 0 Å². The molecule has 106 valence electrons. The number of carbonyl (C=O) groups excluding carboxylic acids is 1. The predicted octanol–water partition coefficient (Wildman–Crippen LogP) is 2.81. The molecule has 0 atom stereocenters. The molecule has 1 aromatic carbocycles. The number of ether oxygens (including phenoxy) is 2. The first-order valence-corrected chi connectivity index (χ1v) is 7.13. The normalized spacial score (nSPS) is 10.1. The summed E-state index contributed by atoms with van der Waals surface area (Å²) in [6.07, 6.45) is 0.849. The maximum Gasteiger partial charge on any atom is 0.357 e. The van der Waals surface area contributed by atoms with Crippen LogP contribution >= 0.6 is 11.3 Å². The third-order valence-corrected chi connectivity index (χ3v) is 3.31. The van der Waals surface area contributed by atoms with Gasteiger partial charge in [0.25, 0.3) is 0 Å². The van der Waals surface area contributed by atoms with Gasteiger partial charge in [-0.3, -0.25) is 0 Å². The number of nitrogens with zero attached hydrogens (tertiary/aromatic N) is 1. The van der Waals surface area contributed by atoms with E-state index in [1.165, 1.54) is 18.4 Å². The zero-order valence-corrected chi connectivity index (χ0v) is 12.0. The number of hydrogen-bond acceptors (Lipinski definition) is 6. The van der Waals surface area contributed by atoms with Crippen molar-refractivity contribution < 1.29 is 14.3 Å². The average Bonchev–Trinajstić information content (AvgIpc) is 2.96. The van der Waals surface area contributed by atoms with E-state index in [2.05, 4.69) is 15.0 Å². The molecule has 2 rings (SSSR count). The molecule has 5 nitrogen and oxygen atoms in total. The smallest absolute Gasteiger partial charge is 0.357 e. The maximum atomic E-state index is 11.2. The van der Waals surface area contributed by atoms with Crippen LogP contribution < -0.4 is 10.1 Å². The lowest BCUT2D eigenvalue weighted by Crippen LogP contribution is -2.07. The Morgan fingerprint density at radius 1 is 1.35 bits per heavy atom. The molecule has 0 spiro atoms. The molecular weight excluding hydrogens is 276 g/mol. The standard InChI is InChI=1S/C14H16N2O3S/c1-18-13(17)12-10-20-14(16-12)15-8-5-9-19-11-6-3-2-4-7-11/h2-4,6-7,10H,5,8-9H2,1H3,(H,15,16). The average molecular weight is 292 g/mol. The van der Waals surface area contributed by atoms with Crippen LogP contribution in [0.5, 0.6) is 5.75 Å². The summed E-state index contributed by atoms with van der Waals surface area (Å²) in [6.45, 7) is 1.37. The lowest BCUT2D eigenvalue weighted by molar-refractivity contribution is 0.0595. The molecule has 6 heteroatoms. The van der Waals surface area contributed by atoms with Gasteiger partial charge < -0.3 is 14.8 Å². The van der Waals surface area contributed by atoms with E-state index in [-0.39, 0.29) is 0 Å². The first-order chi connectivity index (χ1) is 9.79. The van der Waals surface area contributed by atoms with Crippen LogP contribution in [0.2, 0.25) is 0 Å². The van der Waals surface area contributed by atoms with Crippen molar-refractivity contribution in [2.75, 3.05) is 25.6 Å². The van der Waals surface area contributed by atoms with Crippen molar-refractivity contribution in [1.29, 1.82) is 0 Å². The Morgan fingerprint density at radius 2 is 2.15 bits per heavy atom. The molecule has 0 aliphatic carbocycles. The zero-order valence-electron chi connectivity index (χ0n) is 11.2. The van der Waals surface area contributed by atoms with E-state index in [1.807, 2.05) is 30.3 Å². The highest BCUT2D eigenvalue weighted by molar-refractivity contribution is 7.13. The van der Waals surface area contributed by atoms with E-state index >= 15 is 0 Å². The van der Waals surface area contributed by atoms with Gasteiger partial charge in [0, 0.05) is 11.9 Å². The van der Waals surface area contributed by atoms with E-state index in [1.54, 1.807) is 5.38 Å². The molecule has 0 saturated heterocycles. The number of thiazole rings is 1. The number of methoxy groups -OCH3 is 1. The second-order valence-electron chi connectivity index (χ2n) is 3.97. The van der Waals surface area contributed by atoms with Crippen LogP contribution in [-0.2, 0) is 4.74 Å². The Bertz CT molecular complexity index is 542. The van der Waals surface area contributed by atoms with Gasteiger partial charge >= 0.3 is 5.97 Å². The summed E-state index contributed by atoms with van der Waals surface area (Å²) in [5.41, 5.74) is 0.334. The third kappa shape index (κ3) is 4.24. The summed E-state index contributed by atoms with van der Waals surface area (Å²) in [4.78, 5) is 15.4. The second-order valence-corrected chi connectivity index (χ2v) is 4.83. The van der Waals surface area contributed by atoms with Crippen molar-refractivity contribution in [3.63, 3.8) is 0 Å². The number of benzene rings is 1. The molecule has 1 aromatic heterocycles. The minimum atomic E-state index is -0.415. The fourth-order valence-corrected chi connectivity index (χ4v) is 2.24. The molecule has 1 heterocycles. The molecule has 20 heavy (non-hydrogen) atoms. The van der Waals surface area contributed by atoms with E-state index < -0.39 is 5.97 Å². The highest BCUT2D eigenvalue weighted by Gasteiger charge is 2.09. The quantitative estimate of drug-likeness (QED) is 0.628. The largest absolute Gasteiger partial charge is 0.494 e. The van der Waals surface area contributed by atoms with Crippen LogP contribution in [0.4, 0.5) is 5.13 Å². The van der Waals surface area contributed by atoms with E-state index in [0.29, 0.717) is 17.4 Å². The molecule has 1 N–H and O–H groups in total. The van der Waals surface area contributed by atoms with Crippen LogP contribution in [0.1, 0.15) is 16.9 Å². The topological polar surface area (TPSA) is 60.5 Å². The van der Waals surface area contributed by atoms with Crippen molar-refractivity contribution >= 4 is 22.4 Å². The Morgan fingerprint density at radius 3 is 2.90 bits per heavy atom. The molecule has 0 aliphatic heterocycles. The zero-order chi connectivity index (χ0) is 14.2. The van der Waals surface area contributed by atoms with Gasteiger partial charge in [-0.25, -0.2) is 9.78 Å². The fraction of sp³-hybridized carbons (Fsp3) is 0.286. The molecule has 2 aromatic rings. The Hall–Kier alpha value is -2.08. The second kappa shape index (κ2) is 7.49. The summed E-state index contributed by atoms with van der Waals surface area (Å²) >= 11 is 1.38. The molecule has 0 saturated carbocycles.